The molecule has 1 heterocycles. The molecule has 6 heteroatoms. The van der Waals surface area contributed by atoms with Crippen LogP contribution in [0.15, 0.2) is 18.2 Å². The van der Waals surface area contributed by atoms with Gasteiger partial charge in [-0.25, -0.2) is 4.79 Å². The van der Waals surface area contributed by atoms with Crippen LogP contribution in [0.5, 0.6) is 5.75 Å². The Kier molecular flexibility index (Phi) is 4.23. The van der Waals surface area contributed by atoms with Crippen molar-refractivity contribution in [2.75, 3.05) is 7.11 Å². The number of ether oxygens (including phenoxy) is 1. The van der Waals surface area contributed by atoms with Gasteiger partial charge in [0.1, 0.15) is 5.75 Å². The molecule has 0 unspecified atom stereocenters. The van der Waals surface area contributed by atoms with Gasteiger partial charge in [-0.1, -0.05) is 25.4 Å². The summed E-state index contributed by atoms with van der Waals surface area (Å²) in [5.41, 5.74) is 2.39. The zero-order chi connectivity index (χ0) is 15.7. The van der Waals surface area contributed by atoms with Gasteiger partial charge in [0, 0.05) is 12.6 Å². The van der Waals surface area contributed by atoms with Crippen LogP contribution in [0.4, 0.5) is 0 Å². The minimum absolute atomic E-state index is 0.0162. The molecule has 112 valence electrons. The molecule has 0 bridgehead atoms. The van der Waals surface area contributed by atoms with Crippen LogP contribution in [0, 0.1) is 0 Å². The van der Waals surface area contributed by atoms with Gasteiger partial charge in [-0.2, -0.15) is 5.10 Å². The van der Waals surface area contributed by atoms with Gasteiger partial charge in [0.2, 0.25) is 0 Å². The van der Waals surface area contributed by atoms with E-state index in [1.165, 1.54) is 10.7 Å². The van der Waals surface area contributed by atoms with E-state index in [0.717, 1.165) is 5.56 Å². The average Bonchev–Trinajstić information content (AvgIpc) is 2.81. The number of methoxy groups -OCH3 is 1. The second-order valence-electron chi connectivity index (χ2n) is 5.08. The van der Waals surface area contributed by atoms with E-state index in [9.17, 15) is 4.79 Å². The lowest BCUT2D eigenvalue weighted by Crippen LogP contribution is -2.00. The molecule has 0 spiro atoms. The summed E-state index contributed by atoms with van der Waals surface area (Å²) in [6, 6.07) is 5.34. The van der Waals surface area contributed by atoms with Crippen LogP contribution < -0.4 is 4.74 Å². The van der Waals surface area contributed by atoms with E-state index in [1.807, 2.05) is 12.1 Å². The molecule has 0 radical (unpaired) electrons. The summed E-state index contributed by atoms with van der Waals surface area (Å²) in [7, 11) is 3.24. The minimum atomic E-state index is -1.07. The van der Waals surface area contributed by atoms with Crippen LogP contribution >= 0.6 is 11.6 Å². The first-order valence-corrected chi connectivity index (χ1v) is 6.88. The minimum Gasteiger partial charge on any atom is -0.495 e. The molecule has 0 aliphatic rings. The Labute approximate surface area is 128 Å². The van der Waals surface area contributed by atoms with Crippen LogP contribution in [0.25, 0.3) is 11.3 Å². The van der Waals surface area contributed by atoms with Gasteiger partial charge in [0.25, 0.3) is 0 Å². The molecule has 1 aromatic heterocycles. The Hall–Kier alpha value is -2.01. The molecule has 1 N–H and O–H groups in total. The highest BCUT2D eigenvalue weighted by Gasteiger charge is 2.18. The van der Waals surface area contributed by atoms with Gasteiger partial charge in [0.05, 0.1) is 17.8 Å². The van der Waals surface area contributed by atoms with E-state index < -0.39 is 5.97 Å². The SMILES string of the molecule is COc1cc(C(C)C)cc(-c2cc(C(=O)O)nn2C)c1Cl. The molecule has 0 atom stereocenters. The summed E-state index contributed by atoms with van der Waals surface area (Å²) < 4.78 is 6.82. The van der Waals surface area contributed by atoms with Crippen molar-refractivity contribution in [1.82, 2.24) is 9.78 Å². The topological polar surface area (TPSA) is 64.3 Å². The van der Waals surface area contributed by atoms with Crippen LogP contribution in [-0.4, -0.2) is 28.0 Å². The zero-order valence-electron chi connectivity index (χ0n) is 12.3. The van der Waals surface area contributed by atoms with Crippen molar-refractivity contribution in [2.24, 2.45) is 7.05 Å². The highest BCUT2D eigenvalue weighted by molar-refractivity contribution is 6.34. The maximum Gasteiger partial charge on any atom is 0.356 e. The number of hydrogen-bond donors (Lipinski definition) is 1. The maximum absolute atomic E-state index is 11.0. The fourth-order valence-electron chi connectivity index (χ4n) is 2.11. The summed E-state index contributed by atoms with van der Waals surface area (Å²) >= 11 is 6.37. The number of halogens is 1. The monoisotopic (exact) mass is 308 g/mol. The number of nitrogens with zero attached hydrogens (tertiary/aromatic N) is 2. The Morgan fingerprint density at radius 3 is 2.52 bits per heavy atom. The molecule has 0 amide bonds. The van der Waals surface area contributed by atoms with Crippen molar-refractivity contribution in [3.05, 3.63) is 34.5 Å². The molecular formula is C15H17ClN2O3. The number of hydrogen-bond acceptors (Lipinski definition) is 3. The van der Waals surface area contributed by atoms with E-state index in [0.29, 0.717) is 27.9 Å². The van der Waals surface area contributed by atoms with Crippen molar-refractivity contribution < 1.29 is 14.6 Å². The van der Waals surface area contributed by atoms with Gasteiger partial charge in [-0.15, -0.1) is 0 Å². The number of carboxylic acid groups (broad SMARTS) is 1. The first kappa shape index (κ1) is 15.4. The van der Waals surface area contributed by atoms with Gasteiger partial charge >= 0.3 is 5.97 Å². The third-order valence-electron chi connectivity index (χ3n) is 3.32. The quantitative estimate of drug-likeness (QED) is 0.937. The lowest BCUT2D eigenvalue weighted by atomic mass is 9.98. The normalized spacial score (nSPS) is 11.0. The third kappa shape index (κ3) is 2.88. The van der Waals surface area contributed by atoms with Crippen molar-refractivity contribution in [1.29, 1.82) is 0 Å². The molecule has 2 rings (SSSR count). The third-order valence-corrected chi connectivity index (χ3v) is 3.71. The van der Waals surface area contributed by atoms with Crippen molar-refractivity contribution in [2.45, 2.75) is 19.8 Å². The van der Waals surface area contributed by atoms with Crippen LogP contribution in [0.3, 0.4) is 0 Å². The Morgan fingerprint density at radius 1 is 1.38 bits per heavy atom. The highest BCUT2D eigenvalue weighted by Crippen LogP contribution is 2.38. The fourth-order valence-corrected chi connectivity index (χ4v) is 2.39. The zero-order valence-corrected chi connectivity index (χ0v) is 13.1. The molecule has 0 aliphatic carbocycles. The summed E-state index contributed by atoms with van der Waals surface area (Å²) in [4.78, 5) is 11.0. The molecule has 5 nitrogen and oxygen atoms in total. The Balaban J connectivity index is 2.67. The second kappa shape index (κ2) is 5.77. The Morgan fingerprint density at radius 2 is 2.05 bits per heavy atom. The summed E-state index contributed by atoms with van der Waals surface area (Å²) in [6.07, 6.45) is 0. The van der Waals surface area contributed by atoms with E-state index in [4.69, 9.17) is 21.4 Å². The van der Waals surface area contributed by atoms with Gasteiger partial charge < -0.3 is 9.84 Å². The summed E-state index contributed by atoms with van der Waals surface area (Å²) in [5.74, 6) is -0.210. The average molecular weight is 309 g/mol. The molecule has 21 heavy (non-hydrogen) atoms. The molecule has 2 aromatic rings. The molecular weight excluding hydrogens is 292 g/mol. The lowest BCUT2D eigenvalue weighted by Gasteiger charge is -2.14. The van der Waals surface area contributed by atoms with Crippen LogP contribution in [0.1, 0.15) is 35.8 Å². The number of benzene rings is 1. The van der Waals surface area contributed by atoms with E-state index in [2.05, 4.69) is 18.9 Å². The van der Waals surface area contributed by atoms with Crippen molar-refractivity contribution >= 4 is 17.6 Å². The highest BCUT2D eigenvalue weighted by atomic mass is 35.5. The predicted octanol–water partition coefficient (Wildman–Crippen LogP) is 3.57. The van der Waals surface area contributed by atoms with Gasteiger partial charge in [-0.05, 0) is 29.7 Å². The molecule has 0 saturated heterocycles. The second-order valence-corrected chi connectivity index (χ2v) is 5.46. The van der Waals surface area contributed by atoms with Crippen molar-refractivity contribution in [3.8, 4) is 17.0 Å². The van der Waals surface area contributed by atoms with Gasteiger partial charge in [0.15, 0.2) is 5.69 Å². The number of aromatic nitrogens is 2. The van der Waals surface area contributed by atoms with Crippen LogP contribution in [-0.2, 0) is 7.05 Å². The standard InChI is InChI=1S/C15H17ClN2O3/c1-8(2)9-5-10(14(16)13(6-9)21-4)12-7-11(15(19)20)17-18(12)3/h5-8H,1-4H3,(H,19,20). The number of aryl methyl sites for hydroxylation is 1. The number of aromatic carboxylic acids is 1. The molecule has 0 saturated carbocycles. The molecule has 0 fully saturated rings. The lowest BCUT2D eigenvalue weighted by molar-refractivity contribution is 0.0689. The molecule has 1 aromatic carbocycles. The van der Waals surface area contributed by atoms with E-state index in [1.54, 1.807) is 14.2 Å². The summed E-state index contributed by atoms with van der Waals surface area (Å²) in [6.45, 7) is 4.14. The smallest absolute Gasteiger partial charge is 0.356 e. The number of carboxylic acids is 1. The van der Waals surface area contributed by atoms with E-state index >= 15 is 0 Å². The molecule has 0 aliphatic heterocycles. The first-order chi connectivity index (χ1) is 9.85. The number of carbonyl (C=O) groups is 1. The number of rotatable bonds is 4. The Bertz CT molecular complexity index is 692. The van der Waals surface area contributed by atoms with Crippen molar-refractivity contribution in [3.63, 3.8) is 0 Å². The van der Waals surface area contributed by atoms with E-state index in [-0.39, 0.29) is 5.69 Å². The van der Waals surface area contributed by atoms with Crippen LogP contribution in [0.2, 0.25) is 5.02 Å². The van der Waals surface area contributed by atoms with Gasteiger partial charge in [-0.3, -0.25) is 4.68 Å². The summed E-state index contributed by atoms with van der Waals surface area (Å²) in [5, 5.41) is 13.5. The predicted molar refractivity (Wildman–Crippen MR) is 81.3 cm³/mol. The largest absolute Gasteiger partial charge is 0.495 e. The maximum atomic E-state index is 11.0. The fraction of sp³-hybridized carbons (Fsp3) is 0.333. The first-order valence-electron chi connectivity index (χ1n) is 6.50.